The molecule has 6 heteroatoms. The first-order chi connectivity index (χ1) is 9.47. The molecule has 1 aliphatic carbocycles. The van der Waals surface area contributed by atoms with Crippen LogP contribution in [-0.4, -0.2) is 28.4 Å². The van der Waals surface area contributed by atoms with Crippen LogP contribution in [0.15, 0.2) is 12.1 Å². The summed E-state index contributed by atoms with van der Waals surface area (Å²) >= 11 is 12.1. The molecule has 0 radical (unpaired) electrons. The van der Waals surface area contributed by atoms with Crippen LogP contribution >= 0.6 is 23.2 Å². The zero-order chi connectivity index (χ0) is 14.4. The minimum atomic E-state index is -0.883. The first-order valence-electron chi connectivity index (χ1n) is 6.45. The number of carboxylic acid groups (broad SMARTS) is 1. The molecule has 1 amide bonds. The third kappa shape index (κ3) is 2.38. The van der Waals surface area contributed by atoms with Crippen molar-refractivity contribution in [3.05, 3.63) is 33.3 Å². The smallest absolute Gasteiger partial charge is 0.307 e. The molecule has 1 aromatic carbocycles. The maximum absolute atomic E-state index is 12.3. The third-order valence-corrected chi connectivity index (χ3v) is 4.54. The van der Waals surface area contributed by atoms with Gasteiger partial charge in [0, 0.05) is 23.1 Å². The monoisotopic (exact) mass is 313 g/mol. The SMILES string of the molecule is O=C(O)C1CC1C(=O)N1CCc2c(Cl)cc(Cl)cc2C1. The van der Waals surface area contributed by atoms with Gasteiger partial charge >= 0.3 is 5.97 Å². The second-order valence-corrected chi connectivity index (χ2v) is 6.17. The van der Waals surface area contributed by atoms with Crippen LogP contribution in [-0.2, 0) is 22.6 Å². The average molecular weight is 314 g/mol. The van der Waals surface area contributed by atoms with Crippen molar-refractivity contribution >= 4 is 35.1 Å². The fourth-order valence-corrected chi connectivity index (χ4v) is 3.40. The van der Waals surface area contributed by atoms with Crippen molar-refractivity contribution in [1.82, 2.24) is 4.90 Å². The minimum Gasteiger partial charge on any atom is -0.481 e. The van der Waals surface area contributed by atoms with Gasteiger partial charge in [-0.2, -0.15) is 0 Å². The molecule has 1 N–H and O–H groups in total. The molecule has 2 unspecified atom stereocenters. The molecule has 0 spiro atoms. The highest BCUT2D eigenvalue weighted by molar-refractivity contribution is 6.35. The summed E-state index contributed by atoms with van der Waals surface area (Å²) in [6, 6.07) is 3.53. The quantitative estimate of drug-likeness (QED) is 0.913. The van der Waals surface area contributed by atoms with Crippen molar-refractivity contribution in [1.29, 1.82) is 0 Å². The van der Waals surface area contributed by atoms with E-state index in [1.54, 1.807) is 11.0 Å². The van der Waals surface area contributed by atoms with Crippen LogP contribution in [0.3, 0.4) is 0 Å². The molecule has 2 atom stereocenters. The number of halogens is 2. The highest BCUT2D eigenvalue weighted by Gasteiger charge is 2.50. The zero-order valence-corrected chi connectivity index (χ0v) is 12.1. The Kier molecular flexibility index (Phi) is 3.38. The molecular weight excluding hydrogens is 301 g/mol. The molecule has 1 saturated carbocycles. The number of hydrogen-bond acceptors (Lipinski definition) is 2. The van der Waals surface area contributed by atoms with Gasteiger partial charge in [-0.3, -0.25) is 9.59 Å². The van der Waals surface area contributed by atoms with Gasteiger partial charge in [0.1, 0.15) is 0 Å². The number of rotatable bonds is 2. The summed E-state index contributed by atoms with van der Waals surface area (Å²) in [7, 11) is 0. The van der Waals surface area contributed by atoms with Crippen LogP contribution in [0, 0.1) is 11.8 Å². The molecule has 20 heavy (non-hydrogen) atoms. The second kappa shape index (κ2) is 4.93. The molecule has 2 aliphatic rings. The number of carboxylic acids is 1. The van der Waals surface area contributed by atoms with Gasteiger partial charge < -0.3 is 10.0 Å². The van der Waals surface area contributed by atoms with Crippen LogP contribution in [0.25, 0.3) is 0 Å². The highest BCUT2D eigenvalue weighted by Crippen LogP contribution is 2.41. The maximum Gasteiger partial charge on any atom is 0.307 e. The number of hydrogen-bond donors (Lipinski definition) is 1. The number of aliphatic carboxylic acids is 1. The fourth-order valence-electron chi connectivity index (χ4n) is 2.77. The summed E-state index contributed by atoms with van der Waals surface area (Å²) in [5, 5.41) is 10.1. The number of fused-ring (bicyclic) bond motifs is 1. The van der Waals surface area contributed by atoms with Crippen LogP contribution in [0.1, 0.15) is 17.5 Å². The third-order valence-electron chi connectivity index (χ3n) is 3.98. The Bertz CT molecular complexity index is 602. The molecule has 0 aromatic heterocycles. The lowest BCUT2D eigenvalue weighted by Crippen LogP contribution is -2.37. The predicted octanol–water partition coefficient (Wildman–Crippen LogP) is 2.60. The van der Waals surface area contributed by atoms with E-state index >= 15 is 0 Å². The van der Waals surface area contributed by atoms with Gasteiger partial charge in [-0.15, -0.1) is 0 Å². The summed E-state index contributed by atoms with van der Waals surface area (Å²) in [6.45, 7) is 1.04. The highest BCUT2D eigenvalue weighted by atomic mass is 35.5. The van der Waals surface area contributed by atoms with Crippen LogP contribution in [0.2, 0.25) is 10.0 Å². The Morgan fingerprint density at radius 2 is 2.00 bits per heavy atom. The Labute approximate surface area is 126 Å². The number of carbonyl (C=O) groups is 2. The van der Waals surface area contributed by atoms with Gasteiger partial charge in [-0.25, -0.2) is 0 Å². The number of benzene rings is 1. The van der Waals surface area contributed by atoms with Crippen molar-refractivity contribution in [2.75, 3.05) is 6.54 Å². The fraction of sp³-hybridized carbons (Fsp3) is 0.429. The molecule has 3 rings (SSSR count). The first-order valence-corrected chi connectivity index (χ1v) is 7.21. The summed E-state index contributed by atoms with van der Waals surface area (Å²) < 4.78 is 0. The lowest BCUT2D eigenvalue weighted by Gasteiger charge is -2.29. The van der Waals surface area contributed by atoms with E-state index in [2.05, 4.69) is 0 Å². The first kappa shape index (κ1) is 13.7. The molecule has 1 aromatic rings. The van der Waals surface area contributed by atoms with E-state index in [1.807, 2.05) is 6.07 Å². The van der Waals surface area contributed by atoms with Crippen molar-refractivity contribution in [3.8, 4) is 0 Å². The Morgan fingerprint density at radius 1 is 1.25 bits per heavy atom. The average Bonchev–Trinajstić information content (AvgIpc) is 3.17. The van der Waals surface area contributed by atoms with Crippen LogP contribution in [0.4, 0.5) is 0 Å². The maximum atomic E-state index is 12.3. The normalized spacial score (nSPS) is 24.2. The van der Waals surface area contributed by atoms with E-state index in [0.717, 1.165) is 11.1 Å². The van der Waals surface area contributed by atoms with Crippen molar-refractivity contribution < 1.29 is 14.7 Å². The summed E-state index contributed by atoms with van der Waals surface area (Å²) in [6.07, 6.45) is 1.13. The van der Waals surface area contributed by atoms with Crippen molar-refractivity contribution in [2.45, 2.75) is 19.4 Å². The van der Waals surface area contributed by atoms with Gasteiger partial charge in [0.25, 0.3) is 0 Å². The van der Waals surface area contributed by atoms with Gasteiger partial charge in [0.15, 0.2) is 0 Å². The van der Waals surface area contributed by atoms with E-state index in [4.69, 9.17) is 28.3 Å². The van der Waals surface area contributed by atoms with Gasteiger partial charge in [0.05, 0.1) is 11.8 Å². The van der Waals surface area contributed by atoms with Gasteiger partial charge in [-0.05, 0) is 36.1 Å². The zero-order valence-electron chi connectivity index (χ0n) is 10.6. The lowest BCUT2D eigenvalue weighted by atomic mass is 9.99. The van der Waals surface area contributed by atoms with E-state index in [9.17, 15) is 9.59 Å². The molecule has 0 bridgehead atoms. The molecule has 106 valence electrons. The van der Waals surface area contributed by atoms with Gasteiger partial charge in [0.2, 0.25) is 5.91 Å². The van der Waals surface area contributed by atoms with E-state index in [1.165, 1.54) is 0 Å². The minimum absolute atomic E-state index is 0.0702. The van der Waals surface area contributed by atoms with Crippen LogP contribution in [0.5, 0.6) is 0 Å². The molecular formula is C14H13Cl2NO3. The number of amides is 1. The van der Waals surface area contributed by atoms with E-state index in [-0.39, 0.29) is 11.8 Å². The molecule has 4 nitrogen and oxygen atoms in total. The summed E-state index contributed by atoms with van der Waals surface area (Å²) in [5.41, 5.74) is 1.99. The van der Waals surface area contributed by atoms with Crippen molar-refractivity contribution in [2.24, 2.45) is 11.8 Å². The molecule has 1 fully saturated rings. The lowest BCUT2D eigenvalue weighted by molar-refractivity contribution is -0.142. The van der Waals surface area contributed by atoms with Crippen molar-refractivity contribution in [3.63, 3.8) is 0 Å². The summed E-state index contributed by atoms with van der Waals surface area (Å²) in [5.74, 6) is -1.82. The Balaban J connectivity index is 1.76. The Hall–Kier alpha value is -1.26. The van der Waals surface area contributed by atoms with Crippen LogP contribution < -0.4 is 0 Å². The largest absolute Gasteiger partial charge is 0.481 e. The molecule has 1 aliphatic heterocycles. The van der Waals surface area contributed by atoms with E-state index in [0.29, 0.717) is 36.0 Å². The van der Waals surface area contributed by atoms with E-state index < -0.39 is 11.9 Å². The second-order valence-electron chi connectivity index (χ2n) is 5.32. The number of nitrogens with zero attached hydrogens (tertiary/aromatic N) is 1. The predicted molar refractivity (Wildman–Crippen MR) is 74.8 cm³/mol. The number of carbonyl (C=O) groups excluding carboxylic acids is 1. The summed E-state index contributed by atoms with van der Waals surface area (Å²) in [4.78, 5) is 24.8. The molecule has 0 saturated heterocycles. The molecule has 1 heterocycles. The Morgan fingerprint density at radius 3 is 2.65 bits per heavy atom. The standard InChI is InChI=1S/C14H13Cl2NO3/c15-8-3-7-6-17(2-1-9(7)12(16)4-8)13(18)10-5-11(10)14(19)20/h3-4,10-11H,1-2,5-6H2,(H,19,20). The van der Waals surface area contributed by atoms with Gasteiger partial charge in [-0.1, -0.05) is 23.2 Å². The topological polar surface area (TPSA) is 57.6 Å².